The molecule has 0 saturated heterocycles. The van der Waals surface area contributed by atoms with E-state index in [4.69, 9.17) is 5.73 Å². The van der Waals surface area contributed by atoms with Crippen LogP contribution in [0.2, 0.25) is 0 Å². The lowest BCUT2D eigenvalue weighted by Gasteiger charge is -2.32. The number of amides is 1. The van der Waals surface area contributed by atoms with Crippen molar-refractivity contribution in [2.45, 2.75) is 39.2 Å². The van der Waals surface area contributed by atoms with Crippen LogP contribution in [0.1, 0.15) is 43.5 Å². The summed E-state index contributed by atoms with van der Waals surface area (Å²) in [5, 5.41) is 13.8. The predicted molar refractivity (Wildman–Crippen MR) is 80.9 cm³/mol. The van der Waals surface area contributed by atoms with Crippen LogP contribution in [0.3, 0.4) is 0 Å². The molecule has 0 aromatic heterocycles. The summed E-state index contributed by atoms with van der Waals surface area (Å²) >= 11 is 0. The predicted octanol–water partition coefficient (Wildman–Crippen LogP) is 2.73. The summed E-state index contributed by atoms with van der Waals surface area (Å²) in [6, 6.07) is 4.41. The van der Waals surface area contributed by atoms with Crippen LogP contribution >= 0.6 is 0 Å². The number of nitro groups is 1. The van der Waals surface area contributed by atoms with Crippen molar-refractivity contribution in [2.24, 2.45) is 11.8 Å². The van der Waals surface area contributed by atoms with Gasteiger partial charge in [0, 0.05) is 12.1 Å². The van der Waals surface area contributed by atoms with Crippen molar-refractivity contribution in [1.29, 1.82) is 0 Å². The molecule has 0 spiro atoms. The minimum absolute atomic E-state index is 0.0723. The monoisotopic (exact) mass is 291 g/mol. The van der Waals surface area contributed by atoms with Gasteiger partial charge in [0.25, 0.3) is 11.6 Å². The molecule has 2 unspecified atom stereocenters. The van der Waals surface area contributed by atoms with Gasteiger partial charge in [-0.05, 0) is 37.2 Å². The summed E-state index contributed by atoms with van der Waals surface area (Å²) in [6.07, 6.45) is 3.04. The molecule has 2 atom stereocenters. The Bertz CT molecular complexity index is 549. The van der Waals surface area contributed by atoms with Gasteiger partial charge in [-0.15, -0.1) is 0 Å². The maximum atomic E-state index is 12.3. The van der Waals surface area contributed by atoms with Gasteiger partial charge in [-0.1, -0.05) is 19.9 Å². The summed E-state index contributed by atoms with van der Waals surface area (Å²) in [5.41, 5.74) is 5.62. The number of benzene rings is 1. The topological polar surface area (TPSA) is 98.3 Å². The molecule has 1 amide bonds. The van der Waals surface area contributed by atoms with E-state index in [9.17, 15) is 14.9 Å². The van der Waals surface area contributed by atoms with Crippen molar-refractivity contribution >= 4 is 17.3 Å². The SMILES string of the molecule is CC1CC(C)CC(NC(=O)c2cccc([N+](=O)[O-])c2N)C1. The van der Waals surface area contributed by atoms with Gasteiger partial charge in [-0.3, -0.25) is 14.9 Å². The first-order valence-corrected chi connectivity index (χ1v) is 7.22. The maximum Gasteiger partial charge on any atom is 0.292 e. The Hall–Kier alpha value is -2.11. The number of anilines is 1. The van der Waals surface area contributed by atoms with Gasteiger partial charge in [-0.25, -0.2) is 0 Å². The van der Waals surface area contributed by atoms with E-state index in [0.717, 1.165) is 12.8 Å². The zero-order chi connectivity index (χ0) is 15.6. The molecule has 3 N–H and O–H groups in total. The number of carbonyl (C=O) groups is 1. The molecular formula is C15H21N3O3. The second-order valence-electron chi connectivity index (χ2n) is 6.08. The van der Waals surface area contributed by atoms with Gasteiger partial charge < -0.3 is 11.1 Å². The number of nitrogens with two attached hydrogens (primary N) is 1. The lowest BCUT2D eigenvalue weighted by molar-refractivity contribution is -0.383. The van der Waals surface area contributed by atoms with Crippen molar-refractivity contribution in [3.05, 3.63) is 33.9 Å². The van der Waals surface area contributed by atoms with Crippen molar-refractivity contribution in [3.8, 4) is 0 Å². The molecule has 2 rings (SSSR count). The fraction of sp³-hybridized carbons (Fsp3) is 0.533. The maximum absolute atomic E-state index is 12.3. The van der Waals surface area contributed by atoms with Crippen LogP contribution in [-0.4, -0.2) is 16.9 Å². The van der Waals surface area contributed by atoms with Crippen molar-refractivity contribution in [1.82, 2.24) is 5.32 Å². The molecular weight excluding hydrogens is 270 g/mol. The lowest BCUT2D eigenvalue weighted by atomic mass is 9.80. The van der Waals surface area contributed by atoms with Crippen LogP contribution in [0.4, 0.5) is 11.4 Å². The van der Waals surface area contributed by atoms with E-state index in [1.54, 1.807) is 0 Å². The molecule has 114 valence electrons. The number of para-hydroxylation sites is 1. The number of hydrogen-bond donors (Lipinski definition) is 2. The normalized spacial score (nSPS) is 25.3. The van der Waals surface area contributed by atoms with E-state index in [0.29, 0.717) is 11.8 Å². The minimum atomic E-state index is -0.573. The van der Waals surface area contributed by atoms with Crippen LogP contribution < -0.4 is 11.1 Å². The molecule has 0 heterocycles. The molecule has 0 aliphatic heterocycles. The molecule has 1 fully saturated rings. The fourth-order valence-electron chi connectivity index (χ4n) is 3.24. The zero-order valence-corrected chi connectivity index (χ0v) is 12.3. The van der Waals surface area contributed by atoms with Gasteiger partial charge in [0.1, 0.15) is 5.69 Å². The molecule has 0 radical (unpaired) electrons. The van der Waals surface area contributed by atoms with Gasteiger partial charge in [-0.2, -0.15) is 0 Å². The number of carbonyl (C=O) groups excluding carboxylic acids is 1. The second kappa shape index (κ2) is 6.11. The Morgan fingerprint density at radius 2 is 1.90 bits per heavy atom. The van der Waals surface area contributed by atoms with E-state index < -0.39 is 4.92 Å². The summed E-state index contributed by atoms with van der Waals surface area (Å²) in [4.78, 5) is 22.6. The zero-order valence-electron chi connectivity index (χ0n) is 12.3. The van der Waals surface area contributed by atoms with Gasteiger partial charge in [0.15, 0.2) is 0 Å². The molecule has 1 saturated carbocycles. The average Bonchev–Trinajstić information content (AvgIpc) is 2.37. The van der Waals surface area contributed by atoms with Crippen LogP contribution in [0, 0.1) is 22.0 Å². The summed E-state index contributed by atoms with van der Waals surface area (Å²) in [5.74, 6) is 0.811. The highest BCUT2D eigenvalue weighted by atomic mass is 16.6. The number of nitrogens with zero attached hydrogens (tertiary/aromatic N) is 1. The Labute approximate surface area is 123 Å². The van der Waals surface area contributed by atoms with Crippen LogP contribution in [-0.2, 0) is 0 Å². The van der Waals surface area contributed by atoms with Gasteiger partial charge >= 0.3 is 0 Å². The Balaban J connectivity index is 2.14. The fourth-order valence-corrected chi connectivity index (χ4v) is 3.24. The molecule has 6 heteroatoms. The van der Waals surface area contributed by atoms with Crippen LogP contribution in [0.15, 0.2) is 18.2 Å². The van der Waals surface area contributed by atoms with E-state index in [2.05, 4.69) is 19.2 Å². The first-order chi connectivity index (χ1) is 9.88. The highest BCUT2D eigenvalue weighted by Crippen LogP contribution is 2.29. The first-order valence-electron chi connectivity index (χ1n) is 7.22. The van der Waals surface area contributed by atoms with Crippen molar-refractivity contribution in [2.75, 3.05) is 5.73 Å². The van der Waals surface area contributed by atoms with Crippen LogP contribution in [0.25, 0.3) is 0 Å². The molecule has 1 aliphatic carbocycles. The smallest absolute Gasteiger partial charge is 0.292 e. The third-order valence-electron chi connectivity index (χ3n) is 4.04. The summed E-state index contributed by atoms with van der Waals surface area (Å²) in [6.45, 7) is 4.35. The third kappa shape index (κ3) is 3.51. The number of rotatable bonds is 3. The highest BCUT2D eigenvalue weighted by Gasteiger charge is 2.26. The Kier molecular flexibility index (Phi) is 4.45. The Morgan fingerprint density at radius 3 is 2.48 bits per heavy atom. The summed E-state index contributed by atoms with van der Waals surface area (Å²) in [7, 11) is 0. The van der Waals surface area contributed by atoms with E-state index in [1.165, 1.54) is 24.6 Å². The standard InChI is InChI=1S/C15H21N3O3/c1-9-6-10(2)8-11(7-9)17-15(19)12-4-3-5-13(14(12)16)18(20)21/h3-5,9-11H,6-8,16H2,1-2H3,(H,17,19). The molecule has 0 bridgehead atoms. The molecule has 1 aliphatic rings. The van der Waals surface area contributed by atoms with E-state index in [1.807, 2.05) is 0 Å². The number of nitrogen functional groups attached to an aromatic ring is 1. The average molecular weight is 291 g/mol. The molecule has 1 aromatic rings. The largest absolute Gasteiger partial charge is 0.393 e. The van der Waals surface area contributed by atoms with E-state index in [-0.39, 0.29) is 28.9 Å². The van der Waals surface area contributed by atoms with E-state index >= 15 is 0 Å². The Morgan fingerprint density at radius 1 is 1.29 bits per heavy atom. The molecule has 1 aromatic carbocycles. The quantitative estimate of drug-likeness (QED) is 0.508. The third-order valence-corrected chi connectivity index (χ3v) is 4.04. The number of nitrogens with one attached hydrogen (secondary N) is 1. The molecule has 21 heavy (non-hydrogen) atoms. The number of hydrogen-bond acceptors (Lipinski definition) is 4. The molecule has 6 nitrogen and oxygen atoms in total. The minimum Gasteiger partial charge on any atom is -0.393 e. The second-order valence-corrected chi connectivity index (χ2v) is 6.08. The van der Waals surface area contributed by atoms with Crippen LogP contribution in [0.5, 0.6) is 0 Å². The van der Waals surface area contributed by atoms with Crippen molar-refractivity contribution in [3.63, 3.8) is 0 Å². The highest BCUT2D eigenvalue weighted by molar-refractivity contribution is 6.01. The van der Waals surface area contributed by atoms with Gasteiger partial charge in [0.2, 0.25) is 0 Å². The van der Waals surface area contributed by atoms with Crippen molar-refractivity contribution < 1.29 is 9.72 Å². The lowest BCUT2D eigenvalue weighted by Crippen LogP contribution is -2.40. The van der Waals surface area contributed by atoms with Gasteiger partial charge in [0.05, 0.1) is 10.5 Å². The first kappa shape index (κ1) is 15.3. The number of nitro benzene ring substituents is 1. The summed E-state index contributed by atoms with van der Waals surface area (Å²) < 4.78 is 0.